The van der Waals surface area contributed by atoms with Gasteiger partial charge in [-0.15, -0.1) is 0 Å². The van der Waals surface area contributed by atoms with Crippen molar-refractivity contribution in [3.63, 3.8) is 0 Å². The molecule has 0 atom stereocenters. The second-order valence-electron chi connectivity index (χ2n) is 4.92. The van der Waals surface area contributed by atoms with Gasteiger partial charge in [-0.2, -0.15) is 0 Å². The normalized spacial score (nSPS) is 10.8. The van der Waals surface area contributed by atoms with Crippen LogP contribution in [0.25, 0.3) is 0 Å². The standard InChI is InChI=1S/C15H25ClN2/c1-2-3-4-5-6-7-8-9-10-13-11-14(16)12-18-15(13)17/h11-12H,2-10H2,1H3,(H2,17,18). The van der Waals surface area contributed by atoms with Gasteiger partial charge in [-0.1, -0.05) is 63.5 Å². The molecule has 0 unspecified atom stereocenters. The van der Waals surface area contributed by atoms with Crippen LogP contribution in [-0.4, -0.2) is 4.98 Å². The SMILES string of the molecule is CCCCCCCCCCc1cc(Cl)cnc1N. The first-order valence-corrected chi connectivity index (χ1v) is 7.51. The van der Waals surface area contributed by atoms with Crippen LogP contribution in [0.5, 0.6) is 0 Å². The minimum atomic E-state index is 0.627. The topological polar surface area (TPSA) is 38.9 Å². The Labute approximate surface area is 116 Å². The lowest BCUT2D eigenvalue weighted by Crippen LogP contribution is -1.97. The van der Waals surface area contributed by atoms with E-state index in [1.165, 1.54) is 51.4 Å². The summed E-state index contributed by atoms with van der Waals surface area (Å²) >= 11 is 5.91. The Morgan fingerprint density at radius 2 is 1.67 bits per heavy atom. The van der Waals surface area contributed by atoms with Crippen LogP contribution < -0.4 is 5.73 Å². The smallest absolute Gasteiger partial charge is 0.126 e. The fraction of sp³-hybridized carbons (Fsp3) is 0.667. The van der Waals surface area contributed by atoms with E-state index in [1.54, 1.807) is 6.20 Å². The summed E-state index contributed by atoms with van der Waals surface area (Å²) in [5, 5.41) is 0.679. The third kappa shape index (κ3) is 6.25. The largest absolute Gasteiger partial charge is 0.383 e. The minimum absolute atomic E-state index is 0.627. The lowest BCUT2D eigenvalue weighted by Gasteiger charge is -2.05. The zero-order valence-corrected chi connectivity index (χ0v) is 12.2. The molecular weight excluding hydrogens is 244 g/mol. The number of unbranched alkanes of at least 4 members (excludes halogenated alkanes) is 7. The van der Waals surface area contributed by atoms with Crippen LogP contribution in [-0.2, 0) is 6.42 Å². The monoisotopic (exact) mass is 268 g/mol. The molecule has 0 radical (unpaired) electrons. The molecule has 0 saturated heterocycles. The van der Waals surface area contributed by atoms with Crippen molar-refractivity contribution in [3.8, 4) is 0 Å². The Bertz CT molecular complexity index is 339. The van der Waals surface area contributed by atoms with Crippen LogP contribution in [0.2, 0.25) is 5.02 Å². The molecule has 1 aromatic rings. The Morgan fingerprint density at radius 1 is 1.06 bits per heavy atom. The number of aryl methyl sites for hydroxylation is 1. The van der Waals surface area contributed by atoms with Gasteiger partial charge >= 0.3 is 0 Å². The van der Waals surface area contributed by atoms with E-state index < -0.39 is 0 Å². The maximum absolute atomic E-state index is 5.91. The van der Waals surface area contributed by atoms with Gasteiger partial charge in [0, 0.05) is 6.20 Å². The molecule has 18 heavy (non-hydrogen) atoms. The van der Waals surface area contributed by atoms with E-state index in [0.29, 0.717) is 10.8 Å². The van der Waals surface area contributed by atoms with Crippen LogP contribution in [0.4, 0.5) is 5.82 Å². The van der Waals surface area contributed by atoms with Crippen molar-refractivity contribution in [2.75, 3.05) is 5.73 Å². The fourth-order valence-corrected chi connectivity index (χ4v) is 2.32. The Balaban J connectivity index is 2.09. The average Bonchev–Trinajstić information content (AvgIpc) is 2.36. The number of hydrogen-bond donors (Lipinski definition) is 1. The van der Waals surface area contributed by atoms with Gasteiger partial charge in [-0.3, -0.25) is 0 Å². The molecule has 2 nitrogen and oxygen atoms in total. The van der Waals surface area contributed by atoms with Crippen LogP contribution in [0, 0.1) is 0 Å². The Morgan fingerprint density at radius 3 is 2.33 bits per heavy atom. The first-order chi connectivity index (χ1) is 8.74. The molecule has 1 aromatic heterocycles. The number of aromatic nitrogens is 1. The second kappa shape index (κ2) is 9.21. The van der Waals surface area contributed by atoms with Crippen molar-refractivity contribution in [1.82, 2.24) is 4.98 Å². The molecule has 0 aliphatic rings. The van der Waals surface area contributed by atoms with Crippen molar-refractivity contribution in [2.24, 2.45) is 0 Å². The number of nitrogen functional groups attached to an aromatic ring is 1. The number of halogens is 1. The van der Waals surface area contributed by atoms with Crippen molar-refractivity contribution >= 4 is 17.4 Å². The number of rotatable bonds is 9. The minimum Gasteiger partial charge on any atom is -0.383 e. The van der Waals surface area contributed by atoms with Gasteiger partial charge < -0.3 is 5.73 Å². The third-order valence-electron chi connectivity index (χ3n) is 3.27. The lowest BCUT2D eigenvalue weighted by molar-refractivity contribution is 0.575. The first-order valence-electron chi connectivity index (χ1n) is 7.14. The van der Waals surface area contributed by atoms with Crippen LogP contribution in [0.15, 0.2) is 12.3 Å². The van der Waals surface area contributed by atoms with E-state index in [-0.39, 0.29) is 0 Å². The summed E-state index contributed by atoms with van der Waals surface area (Å²) in [5.41, 5.74) is 6.91. The molecule has 0 spiro atoms. The maximum atomic E-state index is 5.91. The van der Waals surface area contributed by atoms with E-state index in [2.05, 4.69) is 11.9 Å². The maximum Gasteiger partial charge on any atom is 0.126 e. The lowest BCUT2D eigenvalue weighted by atomic mass is 10.0. The van der Waals surface area contributed by atoms with Crippen molar-refractivity contribution in [1.29, 1.82) is 0 Å². The molecule has 2 N–H and O–H groups in total. The number of nitrogens with two attached hydrogens (primary N) is 1. The summed E-state index contributed by atoms with van der Waals surface area (Å²) in [4.78, 5) is 4.07. The molecular formula is C15H25ClN2. The second-order valence-corrected chi connectivity index (χ2v) is 5.36. The highest BCUT2D eigenvalue weighted by Crippen LogP contribution is 2.18. The molecule has 0 saturated carbocycles. The van der Waals surface area contributed by atoms with Gasteiger partial charge in [-0.05, 0) is 24.5 Å². The quantitative estimate of drug-likeness (QED) is 0.640. The predicted molar refractivity (Wildman–Crippen MR) is 80.0 cm³/mol. The predicted octanol–water partition coefficient (Wildman–Crippen LogP) is 5.00. The first kappa shape index (κ1) is 15.3. The van der Waals surface area contributed by atoms with Crippen LogP contribution in [0.1, 0.15) is 63.9 Å². The van der Waals surface area contributed by atoms with E-state index in [1.807, 2.05) is 6.07 Å². The highest BCUT2D eigenvalue weighted by Gasteiger charge is 2.01. The van der Waals surface area contributed by atoms with Gasteiger partial charge in [0.25, 0.3) is 0 Å². The van der Waals surface area contributed by atoms with Gasteiger partial charge in [0.1, 0.15) is 5.82 Å². The average molecular weight is 269 g/mol. The molecule has 1 rings (SSSR count). The summed E-state index contributed by atoms with van der Waals surface area (Å²) in [6.07, 6.45) is 13.2. The molecule has 0 aliphatic carbocycles. The number of nitrogens with zero attached hydrogens (tertiary/aromatic N) is 1. The summed E-state index contributed by atoms with van der Waals surface area (Å²) in [5.74, 6) is 0.627. The molecule has 102 valence electrons. The van der Waals surface area contributed by atoms with Gasteiger partial charge in [0.2, 0.25) is 0 Å². The van der Waals surface area contributed by atoms with E-state index in [0.717, 1.165) is 12.0 Å². The zero-order chi connectivity index (χ0) is 13.2. The molecule has 0 bridgehead atoms. The number of hydrogen-bond acceptors (Lipinski definition) is 2. The fourth-order valence-electron chi connectivity index (χ4n) is 2.14. The van der Waals surface area contributed by atoms with Crippen LogP contribution >= 0.6 is 11.6 Å². The summed E-state index contributed by atoms with van der Waals surface area (Å²) in [7, 11) is 0. The molecule has 0 aliphatic heterocycles. The molecule has 0 fully saturated rings. The highest BCUT2D eigenvalue weighted by atomic mass is 35.5. The molecule has 0 amide bonds. The van der Waals surface area contributed by atoms with Crippen molar-refractivity contribution in [3.05, 3.63) is 22.8 Å². The van der Waals surface area contributed by atoms with Crippen molar-refractivity contribution in [2.45, 2.75) is 64.7 Å². The molecule has 1 heterocycles. The zero-order valence-electron chi connectivity index (χ0n) is 11.4. The molecule has 3 heteroatoms. The van der Waals surface area contributed by atoms with Crippen molar-refractivity contribution < 1.29 is 0 Å². The van der Waals surface area contributed by atoms with Gasteiger partial charge in [-0.25, -0.2) is 4.98 Å². The van der Waals surface area contributed by atoms with Gasteiger partial charge in [0.05, 0.1) is 5.02 Å². The Kier molecular flexibility index (Phi) is 7.83. The number of anilines is 1. The summed E-state index contributed by atoms with van der Waals surface area (Å²) in [6, 6.07) is 1.94. The summed E-state index contributed by atoms with van der Waals surface area (Å²) < 4.78 is 0. The van der Waals surface area contributed by atoms with E-state index >= 15 is 0 Å². The summed E-state index contributed by atoms with van der Waals surface area (Å²) in [6.45, 7) is 2.25. The third-order valence-corrected chi connectivity index (χ3v) is 3.47. The molecule has 0 aromatic carbocycles. The van der Waals surface area contributed by atoms with Crippen LogP contribution in [0.3, 0.4) is 0 Å². The van der Waals surface area contributed by atoms with E-state index in [4.69, 9.17) is 17.3 Å². The number of pyridine rings is 1. The highest BCUT2D eigenvalue weighted by molar-refractivity contribution is 6.30. The van der Waals surface area contributed by atoms with Gasteiger partial charge in [0.15, 0.2) is 0 Å². The Hall–Kier alpha value is -0.760. The van der Waals surface area contributed by atoms with E-state index in [9.17, 15) is 0 Å².